The Morgan fingerprint density at radius 2 is 1.79 bits per heavy atom. The number of benzene rings is 2. The molecular weight excluding hydrogens is 370 g/mol. The highest BCUT2D eigenvalue weighted by molar-refractivity contribution is 5.95. The molecule has 0 bridgehead atoms. The van der Waals surface area contributed by atoms with Crippen LogP contribution < -0.4 is 9.64 Å². The summed E-state index contributed by atoms with van der Waals surface area (Å²) in [6.07, 6.45) is 5.06. The SMILES string of the molecule is O=C(COc1ccc(N2CCCC2=O)cc1)OCc1ccc(-n2cccn2)cc1. The fraction of sp³-hybridized carbons (Fsp3) is 0.227. The third-order valence-corrected chi connectivity index (χ3v) is 4.68. The monoisotopic (exact) mass is 391 g/mol. The molecule has 0 N–H and O–H groups in total. The van der Waals surface area contributed by atoms with E-state index in [2.05, 4.69) is 5.10 Å². The molecule has 0 unspecified atom stereocenters. The van der Waals surface area contributed by atoms with E-state index in [4.69, 9.17) is 9.47 Å². The molecule has 1 amide bonds. The first kappa shape index (κ1) is 18.7. The first-order valence-electron chi connectivity index (χ1n) is 9.47. The van der Waals surface area contributed by atoms with Crippen molar-refractivity contribution in [1.82, 2.24) is 9.78 Å². The molecule has 1 fully saturated rings. The van der Waals surface area contributed by atoms with Crippen LogP contribution in [0.1, 0.15) is 18.4 Å². The van der Waals surface area contributed by atoms with Gasteiger partial charge in [-0.05, 0) is 54.4 Å². The van der Waals surface area contributed by atoms with E-state index >= 15 is 0 Å². The summed E-state index contributed by atoms with van der Waals surface area (Å²) in [7, 11) is 0. The lowest BCUT2D eigenvalue weighted by atomic mass is 10.2. The maximum Gasteiger partial charge on any atom is 0.344 e. The van der Waals surface area contributed by atoms with Crippen LogP contribution in [0.4, 0.5) is 5.69 Å². The Morgan fingerprint density at radius 3 is 2.45 bits per heavy atom. The summed E-state index contributed by atoms with van der Waals surface area (Å²) in [6, 6.07) is 16.6. The van der Waals surface area contributed by atoms with Crippen LogP contribution in [0.2, 0.25) is 0 Å². The number of hydrogen-bond donors (Lipinski definition) is 0. The van der Waals surface area contributed by atoms with Gasteiger partial charge in [0, 0.05) is 31.0 Å². The molecule has 1 aliphatic rings. The standard InChI is InChI=1S/C22H21N3O4/c26-21-3-1-13-24(21)18-8-10-20(11-9-18)28-16-22(27)29-15-17-4-6-19(7-5-17)25-14-2-12-23-25/h2,4-12,14H,1,3,13,15-16H2. The van der Waals surface area contributed by atoms with Crippen LogP contribution in [0.15, 0.2) is 67.0 Å². The Bertz CT molecular complexity index is 966. The molecular formula is C22H21N3O4. The quantitative estimate of drug-likeness (QED) is 0.579. The number of aromatic nitrogens is 2. The Morgan fingerprint density at radius 1 is 1.03 bits per heavy atom. The van der Waals surface area contributed by atoms with Crippen molar-refractivity contribution in [3.63, 3.8) is 0 Å². The number of anilines is 1. The van der Waals surface area contributed by atoms with Crippen molar-refractivity contribution in [3.8, 4) is 11.4 Å². The minimum Gasteiger partial charge on any atom is -0.482 e. The minimum absolute atomic E-state index is 0.139. The second-order valence-electron chi connectivity index (χ2n) is 6.71. The number of nitrogens with zero attached hydrogens (tertiary/aromatic N) is 3. The first-order valence-corrected chi connectivity index (χ1v) is 9.47. The molecule has 0 radical (unpaired) electrons. The van der Waals surface area contributed by atoms with Crippen molar-refractivity contribution in [2.75, 3.05) is 18.1 Å². The highest BCUT2D eigenvalue weighted by Crippen LogP contribution is 2.23. The fourth-order valence-electron chi connectivity index (χ4n) is 3.16. The number of amides is 1. The minimum atomic E-state index is -0.444. The number of carbonyl (C=O) groups excluding carboxylic acids is 2. The van der Waals surface area contributed by atoms with Crippen molar-refractivity contribution < 1.29 is 19.1 Å². The van der Waals surface area contributed by atoms with Gasteiger partial charge in [-0.3, -0.25) is 4.79 Å². The van der Waals surface area contributed by atoms with Crippen molar-refractivity contribution in [2.24, 2.45) is 0 Å². The molecule has 148 valence electrons. The second-order valence-corrected chi connectivity index (χ2v) is 6.71. The van der Waals surface area contributed by atoms with E-state index in [0.29, 0.717) is 12.2 Å². The van der Waals surface area contributed by atoms with Gasteiger partial charge in [0.05, 0.1) is 5.69 Å². The van der Waals surface area contributed by atoms with Crippen LogP contribution in [0.3, 0.4) is 0 Å². The van der Waals surface area contributed by atoms with Gasteiger partial charge in [-0.15, -0.1) is 0 Å². The second kappa shape index (κ2) is 8.60. The van der Waals surface area contributed by atoms with Crippen LogP contribution in [-0.4, -0.2) is 34.8 Å². The smallest absolute Gasteiger partial charge is 0.344 e. The van der Waals surface area contributed by atoms with E-state index in [-0.39, 0.29) is 19.1 Å². The Hall–Kier alpha value is -3.61. The van der Waals surface area contributed by atoms with Gasteiger partial charge >= 0.3 is 5.97 Å². The van der Waals surface area contributed by atoms with Gasteiger partial charge in [0.25, 0.3) is 0 Å². The van der Waals surface area contributed by atoms with Gasteiger partial charge in [-0.2, -0.15) is 5.10 Å². The van der Waals surface area contributed by atoms with Gasteiger partial charge < -0.3 is 14.4 Å². The highest BCUT2D eigenvalue weighted by Gasteiger charge is 2.21. The van der Waals surface area contributed by atoms with Crippen molar-refractivity contribution >= 4 is 17.6 Å². The van der Waals surface area contributed by atoms with Crippen LogP contribution in [0, 0.1) is 0 Å². The number of carbonyl (C=O) groups is 2. The molecule has 1 aromatic heterocycles. The Kier molecular flexibility index (Phi) is 5.56. The van der Waals surface area contributed by atoms with Crippen LogP contribution in [0.5, 0.6) is 5.75 Å². The van der Waals surface area contributed by atoms with Crippen molar-refractivity contribution in [3.05, 3.63) is 72.6 Å². The molecule has 1 aliphatic heterocycles. The predicted molar refractivity (Wildman–Crippen MR) is 107 cm³/mol. The lowest BCUT2D eigenvalue weighted by Crippen LogP contribution is -2.23. The van der Waals surface area contributed by atoms with Crippen molar-refractivity contribution in [2.45, 2.75) is 19.4 Å². The van der Waals surface area contributed by atoms with Gasteiger partial charge in [0.2, 0.25) is 5.91 Å². The third kappa shape index (κ3) is 4.63. The third-order valence-electron chi connectivity index (χ3n) is 4.68. The van der Waals surface area contributed by atoms with Crippen LogP contribution in [-0.2, 0) is 20.9 Å². The summed E-state index contributed by atoms with van der Waals surface area (Å²) in [4.78, 5) is 25.5. The number of ether oxygens (including phenoxy) is 2. The summed E-state index contributed by atoms with van der Waals surface area (Å²) in [6.45, 7) is 0.749. The molecule has 0 saturated carbocycles. The van der Waals surface area contributed by atoms with E-state index in [1.165, 1.54) is 0 Å². The largest absolute Gasteiger partial charge is 0.482 e. The molecule has 7 heteroatoms. The molecule has 1 saturated heterocycles. The molecule has 0 atom stereocenters. The first-order chi connectivity index (χ1) is 14.2. The molecule has 0 aliphatic carbocycles. The van der Waals surface area contributed by atoms with E-state index in [0.717, 1.165) is 29.9 Å². The lowest BCUT2D eigenvalue weighted by Gasteiger charge is -2.16. The molecule has 0 spiro atoms. The Labute approximate surface area is 168 Å². The zero-order chi connectivity index (χ0) is 20.1. The van der Waals surface area contributed by atoms with Gasteiger partial charge in [0.15, 0.2) is 6.61 Å². The zero-order valence-electron chi connectivity index (χ0n) is 15.9. The summed E-state index contributed by atoms with van der Waals surface area (Å²) in [5, 5.41) is 4.17. The maximum absolute atomic E-state index is 11.9. The number of hydrogen-bond acceptors (Lipinski definition) is 5. The maximum atomic E-state index is 11.9. The molecule has 2 heterocycles. The van der Waals surface area contributed by atoms with Gasteiger partial charge in [-0.1, -0.05) is 12.1 Å². The average molecular weight is 391 g/mol. The summed E-state index contributed by atoms with van der Waals surface area (Å²) in [5.74, 6) is 0.251. The molecule has 3 aromatic rings. The molecule has 7 nitrogen and oxygen atoms in total. The van der Waals surface area contributed by atoms with Crippen molar-refractivity contribution in [1.29, 1.82) is 0 Å². The highest BCUT2D eigenvalue weighted by atomic mass is 16.6. The number of rotatable bonds is 7. The van der Waals surface area contributed by atoms with E-state index in [1.54, 1.807) is 27.9 Å². The molecule has 4 rings (SSSR count). The molecule has 2 aromatic carbocycles. The van der Waals surface area contributed by atoms with E-state index in [9.17, 15) is 9.59 Å². The van der Waals surface area contributed by atoms with Gasteiger partial charge in [0.1, 0.15) is 12.4 Å². The lowest BCUT2D eigenvalue weighted by molar-refractivity contribution is -0.147. The van der Waals surface area contributed by atoms with Crippen LogP contribution in [0.25, 0.3) is 5.69 Å². The Balaban J connectivity index is 1.23. The summed E-state index contributed by atoms with van der Waals surface area (Å²) < 4.78 is 12.5. The summed E-state index contributed by atoms with van der Waals surface area (Å²) >= 11 is 0. The normalized spacial score (nSPS) is 13.5. The van der Waals surface area contributed by atoms with Gasteiger partial charge in [-0.25, -0.2) is 9.48 Å². The number of esters is 1. The average Bonchev–Trinajstić information content (AvgIpc) is 3.43. The fourth-order valence-corrected chi connectivity index (χ4v) is 3.16. The van der Waals surface area contributed by atoms with E-state index < -0.39 is 5.97 Å². The predicted octanol–water partition coefficient (Wildman–Crippen LogP) is 3.12. The van der Waals surface area contributed by atoms with Crippen LogP contribution >= 0.6 is 0 Å². The topological polar surface area (TPSA) is 73.7 Å². The molecule has 29 heavy (non-hydrogen) atoms. The summed E-state index contributed by atoms with van der Waals surface area (Å²) in [5.41, 5.74) is 2.67. The van der Waals surface area contributed by atoms with E-state index in [1.807, 2.05) is 48.7 Å². The zero-order valence-corrected chi connectivity index (χ0v) is 15.9.